The van der Waals surface area contributed by atoms with Crippen LogP contribution >= 0.6 is 0 Å². The predicted octanol–water partition coefficient (Wildman–Crippen LogP) is 4.39. The molecule has 0 N–H and O–H groups in total. The minimum absolute atomic E-state index is 0.0846. The fourth-order valence-electron chi connectivity index (χ4n) is 2.19. The van der Waals surface area contributed by atoms with Crippen molar-refractivity contribution in [1.82, 2.24) is 0 Å². The highest BCUT2D eigenvalue weighted by molar-refractivity contribution is 6.40. The lowest BCUT2D eigenvalue weighted by Gasteiger charge is -2.10. The van der Waals surface area contributed by atoms with Gasteiger partial charge in [-0.2, -0.15) is 0 Å². The van der Waals surface area contributed by atoms with Gasteiger partial charge in [0.25, 0.3) is 5.78 Å². The Balaban J connectivity index is 2.40. The largest absolute Gasteiger partial charge is 0.460 e. The molecule has 0 saturated heterocycles. The van der Waals surface area contributed by atoms with Crippen LogP contribution in [0.3, 0.4) is 0 Å². The maximum Gasteiger partial charge on any atom is 0.379 e. The molecule has 0 aromatic heterocycles. The number of benzene rings is 1. The summed E-state index contributed by atoms with van der Waals surface area (Å²) in [6, 6.07) is 6.02. The van der Waals surface area contributed by atoms with Gasteiger partial charge in [-0.25, -0.2) is 4.79 Å². The van der Waals surface area contributed by atoms with Crippen LogP contribution in [0, 0.1) is 5.92 Å². The van der Waals surface area contributed by atoms with Gasteiger partial charge < -0.3 is 4.74 Å². The molecule has 4 nitrogen and oxygen atoms in total. The third kappa shape index (κ3) is 6.90. The first kappa shape index (κ1) is 19.8. The quantitative estimate of drug-likeness (QED) is 0.292. The smallest absolute Gasteiger partial charge is 0.379 e. The molecule has 0 aliphatic rings. The molecule has 0 unspecified atom stereocenters. The monoisotopic (exact) mass is 330 g/mol. The van der Waals surface area contributed by atoms with Crippen molar-refractivity contribution in [2.45, 2.75) is 47.0 Å². The zero-order valence-corrected chi connectivity index (χ0v) is 14.9. The van der Waals surface area contributed by atoms with Crippen LogP contribution in [0.2, 0.25) is 0 Å². The molecule has 0 spiro atoms. The van der Waals surface area contributed by atoms with E-state index in [1.165, 1.54) is 36.8 Å². The number of hydrogen-bond acceptors (Lipinski definition) is 4. The second kappa shape index (κ2) is 9.81. The van der Waals surface area contributed by atoms with Gasteiger partial charge in [-0.1, -0.05) is 42.8 Å². The van der Waals surface area contributed by atoms with Crippen molar-refractivity contribution in [1.29, 1.82) is 0 Å². The summed E-state index contributed by atoms with van der Waals surface area (Å²) in [5.74, 6) is -1.18. The van der Waals surface area contributed by atoms with E-state index < -0.39 is 11.8 Å². The van der Waals surface area contributed by atoms with Crippen LogP contribution in [0.5, 0.6) is 0 Å². The third-order valence-corrected chi connectivity index (χ3v) is 3.79. The van der Waals surface area contributed by atoms with Gasteiger partial charge in [0.05, 0.1) is 6.61 Å². The van der Waals surface area contributed by atoms with Crippen molar-refractivity contribution in [3.63, 3.8) is 0 Å². The Labute approximate surface area is 143 Å². The number of rotatable bonds is 9. The number of ketones is 2. The molecule has 0 saturated carbocycles. The van der Waals surface area contributed by atoms with Crippen molar-refractivity contribution < 1.29 is 19.1 Å². The minimum atomic E-state index is -0.845. The van der Waals surface area contributed by atoms with Crippen LogP contribution in [0.1, 0.15) is 67.7 Å². The van der Waals surface area contributed by atoms with Gasteiger partial charge in [-0.05, 0) is 46.0 Å². The summed E-state index contributed by atoms with van der Waals surface area (Å²) in [4.78, 5) is 35.0. The normalized spacial score (nSPS) is 11.5. The standard InChI is InChI=1S/C20H26O4/c1-14(2)6-5-7-15(3)12-13-24-20(23)19(22)18-10-8-17(9-11-18)16(4)21/h6,8-11,15H,5,7,12-13H2,1-4H3/t15-/m0/s1. The summed E-state index contributed by atoms with van der Waals surface area (Å²) in [6.45, 7) is 7.94. The molecule has 0 fully saturated rings. The number of esters is 1. The van der Waals surface area contributed by atoms with Gasteiger partial charge in [0.2, 0.25) is 0 Å². The Hall–Kier alpha value is -2.23. The van der Waals surface area contributed by atoms with Gasteiger partial charge in [-0.15, -0.1) is 0 Å². The molecular formula is C20H26O4. The zero-order valence-electron chi connectivity index (χ0n) is 14.9. The number of Topliss-reactive ketones (excluding diaryl/α,β-unsaturated/α-hetero) is 2. The summed E-state index contributed by atoms with van der Waals surface area (Å²) < 4.78 is 5.06. The van der Waals surface area contributed by atoms with Gasteiger partial charge in [0.1, 0.15) is 0 Å². The molecule has 0 amide bonds. The van der Waals surface area contributed by atoms with Crippen molar-refractivity contribution in [3.8, 4) is 0 Å². The SMILES string of the molecule is CC(=O)c1ccc(C(=O)C(=O)OCC[C@@H](C)CCC=C(C)C)cc1. The van der Waals surface area contributed by atoms with Crippen LogP contribution in [0.4, 0.5) is 0 Å². The minimum Gasteiger partial charge on any atom is -0.460 e. The van der Waals surface area contributed by atoms with Gasteiger partial charge in [0.15, 0.2) is 5.78 Å². The van der Waals surface area contributed by atoms with E-state index in [2.05, 4.69) is 26.8 Å². The lowest BCUT2D eigenvalue weighted by atomic mass is 10.0. The van der Waals surface area contributed by atoms with E-state index in [-0.39, 0.29) is 18.0 Å². The lowest BCUT2D eigenvalue weighted by Crippen LogP contribution is -2.19. The van der Waals surface area contributed by atoms with Crippen LogP contribution in [0.25, 0.3) is 0 Å². The third-order valence-electron chi connectivity index (χ3n) is 3.79. The number of carbonyl (C=O) groups excluding carboxylic acids is 3. The molecule has 1 aromatic carbocycles. The second-order valence-electron chi connectivity index (χ2n) is 6.35. The van der Waals surface area contributed by atoms with E-state index in [9.17, 15) is 14.4 Å². The fraction of sp³-hybridized carbons (Fsp3) is 0.450. The van der Waals surface area contributed by atoms with Crippen LogP contribution in [-0.2, 0) is 9.53 Å². The highest BCUT2D eigenvalue weighted by Crippen LogP contribution is 2.12. The number of carbonyl (C=O) groups is 3. The van der Waals surface area contributed by atoms with E-state index >= 15 is 0 Å². The van der Waals surface area contributed by atoms with Gasteiger partial charge in [-0.3, -0.25) is 9.59 Å². The zero-order chi connectivity index (χ0) is 18.1. The van der Waals surface area contributed by atoms with E-state index in [1.807, 2.05) is 0 Å². The van der Waals surface area contributed by atoms with Crippen molar-refractivity contribution >= 4 is 17.5 Å². The summed E-state index contributed by atoms with van der Waals surface area (Å²) in [6.07, 6.45) is 4.97. The molecule has 0 heterocycles. The second-order valence-corrected chi connectivity index (χ2v) is 6.35. The van der Waals surface area contributed by atoms with Crippen LogP contribution in [-0.4, -0.2) is 24.1 Å². The lowest BCUT2D eigenvalue weighted by molar-refractivity contribution is -0.138. The van der Waals surface area contributed by atoms with Crippen molar-refractivity contribution in [2.75, 3.05) is 6.61 Å². The van der Waals surface area contributed by atoms with E-state index in [1.54, 1.807) is 0 Å². The Bertz CT molecular complexity index is 607. The highest BCUT2D eigenvalue weighted by atomic mass is 16.5. The molecule has 0 aliphatic carbocycles. The Morgan fingerprint density at radius 1 is 1.00 bits per heavy atom. The molecule has 1 aromatic rings. The molecule has 0 aliphatic heterocycles. The first-order valence-corrected chi connectivity index (χ1v) is 8.27. The molecule has 1 atom stereocenters. The molecule has 130 valence electrons. The number of hydrogen-bond donors (Lipinski definition) is 0. The average Bonchev–Trinajstić information content (AvgIpc) is 2.53. The summed E-state index contributed by atoms with van der Waals surface area (Å²) in [7, 11) is 0. The van der Waals surface area contributed by atoms with Crippen molar-refractivity contribution in [3.05, 3.63) is 47.0 Å². The molecule has 4 heteroatoms. The molecular weight excluding hydrogens is 304 g/mol. The Kier molecular flexibility index (Phi) is 8.10. The van der Waals surface area contributed by atoms with E-state index in [0.717, 1.165) is 19.3 Å². The van der Waals surface area contributed by atoms with Crippen molar-refractivity contribution in [2.24, 2.45) is 5.92 Å². The highest BCUT2D eigenvalue weighted by Gasteiger charge is 2.18. The molecule has 0 radical (unpaired) electrons. The van der Waals surface area contributed by atoms with Gasteiger partial charge >= 0.3 is 5.97 Å². The predicted molar refractivity (Wildman–Crippen MR) is 94.2 cm³/mol. The van der Waals surface area contributed by atoms with Crippen LogP contribution in [0.15, 0.2) is 35.9 Å². The average molecular weight is 330 g/mol. The number of allylic oxidation sites excluding steroid dienone is 2. The van der Waals surface area contributed by atoms with Crippen LogP contribution < -0.4 is 0 Å². The fourth-order valence-corrected chi connectivity index (χ4v) is 2.19. The molecule has 0 bridgehead atoms. The summed E-state index contributed by atoms with van der Waals surface area (Å²) in [5, 5.41) is 0. The summed E-state index contributed by atoms with van der Waals surface area (Å²) >= 11 is 0. The first-order chi connectivity index (χ1) is 11.3. The summed E-state index contributed by atoms with van der Waals surface area (Å²) in [5.41, 5.74) is 2.04. The van der Waals surface area contributed by atoms with E-state index in [0.29, 0.717) is 11.5 Å². The Morgan fingerprint density at radius 2 is 1.58 bits per heavy atom. The van der Waals surface area contributed by atoms with E-state index in [4.69, 9.17) is 4.74 Å². The molecule has 1 rings (SSSR count). The Morgan fingerprint density at radius 3 is 2.12 bits per heavy atom. The first-order valence-electron chi connectivity index (χ1n) is 8.27. The maximum absolute atomic E-state index is 12.0. The topological polar surface area (TPSA) is 60.4 Å². The number of ether oxygens (including phenoxy) is 1. The van der Waals surface area contributed by atoms with Gasteiger partial charge in [0, 0.05) is 11.1 Å². The molecule has 24 heavy (non-hydrogen) atoms. The maximum atomic E-state index is 12.0.